The molecule has 180 valence electrons. The molecule has 5 rings (SSSR count). The van der Waals surface area contributed by atoms with Gasteiger partial charge in [0.05, 0.1) is 24.1 Å². The molecule has 36 heavy (non-hydrogen) atoms. The Morgan fingerprint density at radius 3 is 2.86 bits per heavy atom. The van der Waals surface area contributed by atoms with Crippen LogP contribution >= 0.6 is 11.3 Å². The van der Waals surface area contributed by atoms with E-state index in [4.69, 9.17) is 14.6 Å². The summed E-state index contributed by atoms with van der Waals surface area (Å²) in [6.45, 7) is 4.76. The lowest BCUT2D eigenvalue weighted by Gasteiger charge is -2.18. The van der Waals surface area contributed by atoms with E-state index in [-0.39, 0.29) is 12.5 Å². The van der Waals surface area contributed by atoms with Crippen LogP contribution in [0, 0.1) is 0 Å². The molecule has 0 spiro atoms. The van der Waals surface area contributed by atoms with Crippen LogP contribution in [0.3, 0.4) is 0 Å². The molecule has 0 bridgehead atoms. The SMILES string of the molecule is C=CCN=c1scc(-c2ccc3c(c2)NC(=O)CO3)n1N=Cc1cccc(OCc2ccccc2)c1. The molecule has 1 aromatic heterocycles. The predicted octanol–water partition coefficient (Wildman–Crippen LogP) is 5.10. The Morgan fingerprint density at radius 2 is 2.00 bits per heavy atom. The number of benzene rings is 3. The molecule has 0 saturated carbocycles. The molecule has 8 heteroatoms. The van der Waals surface area contributed by atoms with Crippen molar-refractivity contribution in [3.63, 3.8) is 0 Å². The van der Waals surface area contributed by atoms with Gasteiger partial charge < -0.3 is 14.8 Å². The highest BCUT2D eigenvalue weighted by molar-refractivity contribution is 7.07. The van der Waals surface area contributed by atoms with Gasteiger partial charge in [-0.2, -0.15) is 5.10 Å². The Morgan fingerprint density at radius 1 is 1.11 bits per heavy atom. The first-order valence-corrected chi connectivity index (χ1v) is 12.3. The number of anilines is 1. The van der Waals surface area contributed by atoms with Crippen LogP contribution in [0.15, 0.2) is 101 Å². The summed E-state index contributed by atoms with van der Waals surface area (Å²) >= 11 is 1.48. The maximum atomic E-state index is 11.8. The molecule has 0 fully saturated rings. The zero-order chi connectivity index (χ0) is 24.7. The van der Waals surface area contributed by atoms with Gasteiger partial charge in [0.1, 0.15) is 18.1 Å². The van der Waals surface area contributed by atoms with Crippen LogP contribution in [-0.2, 0) is 11.4 Å². The molecule has 1 amide bonds. The van der Waals surface area contributed by atoms with Crippen LogP contribution in [0.5, 0.6) is 11.5 Å². The van der Waals surface area contributed by atoms with Crippen molar-refractivity contribution in [2.75, 3.05) is 18.5 Å². The molecular formula is C28H24N4O3S. The molecule has 0 unspecified atom stereocenters. The lowest BCUT2D eigenvalue weighted by Crippen LogP contribution is -2.25. The Labute approximate surface area is 212 Å². The fourth-order valence-corrected chi connectivity index (χ4v) is 4.50. The van der Waals surface area contributed by atoms with Gasteiger partial charge in [0, 0.05) is 10.9 Å². The molecule has 0 radical (unpaired) electrons. The number of amides is 1. The summed E-state index contributed by atoms with van der Waals surface area (Å²) in [7, 11) is 0. The first-order valence-electron chi connectivity index (χ1n) is 11.4. The summed E-state index contributed by atoms with van der Waals surface area (Å²) in [5, 5.41) is 9.60. The fraction of sp³-hybridized carbons (Fsp3) is 0.107. The molecule has 0 aliphatic carbocycles. The zero-order valence-corrected chi connectivity index (χ0v) is 20.3. The number of ether oxygens (including phenoxy) is 2. The second-order valence-electron chi connectivity index (χ2n) is 7.98. The van der Waals surface area contributed by atoms with E-state index in [0.29, 0.717) is 24.6 Å². The van der Waals surface area contributed by atoms with Crippen LogP contribution in [0.4, 0.5) is 5.69 Å². The number of aromatic nitrogens is 1. The predicted molar refractivity (Wildman–Crippen MR) is 143 cm³/mol. The number of nitrogens with zero attached hydrogens (tertiary/aromatic N) is 3. The van der Waals surface area contributed by atoms with E-state index < -0.39 is 0 Å². The quantitative estimate of drug-likeness (QED) is 0.273. The molecular weight excluding hydrogens is 472 g/mol. The van der Waals surface area contributed by atoms with Crippen LogP contribution in [0.2, 0.25) is 0 Å². The van der Waals surface area contributed by atoms with Crippen molar-refractivity contribution in [1.82, 2.24) is 4.68 Å². The van der Waals surface area contributed by atoms with Gasteiger partial charge in [0.2, 0.25) is 4.80 Å². The standard InChI is InChI=1S/C28H24N4O3S/c1-2-13-29-28-32(25(19-36-28)22-11-12-26-24(15-22)31-27(33)18-35-26)30-16-21-9-6-10-23(14-21)34-17-20-7-4-3-5-8-20/h2-12,14-16,19H,1,13,17-18H2,(H,31,33). The van der Waals surface area contributed by atoms with E-state index in [1.807, 2.05) is 78.2 Å². The Kier molecular flexibility index (Phi) is 7.05. The van der Waals surface area contributed by atoms with E-state index in [1.165, 1.54) is 11.3 Å². The van der Waals surface area contributed by atoms with Gasteiger partial charge in [-0.1, -0.05) is 48.5 Å². The van der Waals surface area contributed by atoms with Crippen molar-refractivity contribution in [3.05, 3.63) is 107 Å². The van der Waals surface area contributed by atoms with Gasteiger partial charge in [-0.3, -0.25) is 9.79 Å². The van der Waals surface area contributed by atoms with Gasteiger partial charge in [-0.25, -0.2) is 4.68 Å². The van der Waals surface area contributed by atoms with Gasteiger partial charge in [-0.15, -0.1) is 17.9 Å². The normalized spacial score (nSPS) is 13.2. The van der Waals surface area contributed by atoms with Crippen LogP contribution < -0.4 is 19.6 Å². The molecule has 4 aromatic rings. The van der Waals surface area contributed by atoms with E-state index in [0.717, 1.165) is 32.9 Å². The summed E-state index contributed by atoms with van der Waals surface area (Å²) in [5.74, 6) is 1.24. The summed E-state index contributed by atoms with van der Waals surface area (Å²) < 4.78 is 13.2. The minimum atomic E-state index is -0.174. The van der Waals surface area contributed by atoms with Crippen molar-refractivity contribution >= 4 is 29.1 Å². The lowest BCUT2D eigenvalue weighted by molar-refractivity contribution is -0.118. The smallest absolute Gasteiger partial charge is 0.262 e. The maximum Gasteiger partial charge on any atom is 0.262 e. The van der Waals surface area contributed by atoms with Gasteiger partial charge in [0.15, 0.2) is 6.61 Å². The minimum Gasteiger partial charge on any atom is -0.489 e. The minimum absolute atomic E-state index is 0.0216. The summed E-state index contributed by atoms with van der Waals surface area (Å²) in [6, 6.07) is 23.5. The monoisotopic (exact) mass is 496 g/mol. The second kappa shape index (κ2) is 10.9. The van der Waals surface area contributed by atoms with Crippen molar-refractivity contribution < 1.29 is 14.3 Å². The zero-order valence-electron chi connectivity index (χ0n) is 19.5. The second-order valence-corrected chi connectivity index (χ2v) is 8.82. The first kappa shape index (κ1) is 23.3. The summed E-state index contributed by atoms with van der Waals surface area (Å²) in [4.78, 5) is 17.1. The van der Waals surface area contributed by atoms with Gasteiger partial charge in [0.25, 0.3) is 5.91 Å². The number of rotatable bonds is 8. The number of thiazole rings is 1. The molecule has 0 atom stereocenters. The van der Waals surface area contributed by atoms with Crippen molar-refractivity contribution in [2.24, 2.45) is 10.1 Å². The third-order valence-corrected chi connectivity index (χ3v) is 6.23. The third kappa shape index (κ3) is 5.45. The fourth-order valence-electron chi connectivity index (χ4n) is 3.65. The van der Waals surface area contributed by atoms with Crippen LogP contribution in [0.25, 0.3) is 11.3 Å². The average molecular weight is 497 g/mol. The van der Waals surface area contributed by atoms with Crippen LogP contribution in [0.1, 0.15) is 11.1 Å². The number of hydrogen-bond acceptors (Lipinski definition) is 6. The largest absolute Gasteiger partial charge is 0.489 e. The topological polar surface area (TPSA) is 77.2 Å². The summed E-state index contributed by atoms with van der Waals surface area (Å²) in [5.41, 5.74) is 4.37. The number of fused-ring (bicyclic) bond motifs is 1. The highest BCUT2D eigenvalue weighted by atomic mass is 32.1. The molecule has 2 heterocycles. The first-order chi connectivity index (χ1) is 17.7. The molecule has 1 N–H and O–H groups in total. The molecule has 7 nitrogen and oxygen atoms in total. The maximum absolute atomic E-state index is 11.8. The highest BCUT2D eigenvalue weighted by Crippen LogP contribution is 2.32. The highest BCUT2D eigenvalue weighted by Gasteiger charge is 2.17. The van der Waals surface area contributed by atoms with Crippen molar-refractivity contribution in [3.8, 4) is 22.8 Å². The Hall–Kier alpha value is -4.43. The van der Waals surface area contributed by atoms with Crippen molar-refractivity contribution in [2.45, 2.75) is 6.61 Å². The lowest BCUT2D eigenvalue weighted by atomic mass is 10.1. The number of nitrogens with one attached hydrogen (secondary N) is 1. The van der Waals surface area contributed by atoms with Gasteiger partial charge in [-0.05, 0) is 41.5 Å². The number of carbonyl (C=O) groups is 1. The Bertz CT molecular complexity index is 1490. The molecule has 1 aliphatic rings. The number of hydrogen-bond donors (Lipinski definition) is 1. The average Bonchev–Trinajstić information content (AvgIpc) is 3.32. The van der Waals surface area contributed by atoms with E-state index in [1.54, 1.807) is 17.0 Å². The third-order valence-electron chi connectivity index (χ3n) is 5.38. The van der Waals surface area contributed by atoms with Crippen LogP contribution in [-0.4, -0.2) is 29.9 Å². The molecule has 3 aromatic carbocycles. The summed E-state index contributed by atoms with van der Waals surface area (Å²) in [6.07, 6.45) is 3.52. The van der Waals surface area contributed by atoms with Gasteiger partial charge >= 0.3 is 0 Å². The van der Waals surface area contributed by atoms with E-state index in [9.17, 15) is 4.79 Å². The molecule has 0 saturated heterocycles. The number of carbonyl (C=O) groups excluding carboxylic acids is 1. The molecule has 1 aliphatic heterocycles. The van der Waals surface area contributed by atoms with Crippen molar-refractivity contribution in [1.29, 1.82) is 0 Å². The Balaban J connectivity index is 1.43. The van der Waals surface area contributed by atoms with E-state index >= 15 is 0 Å². The van der Waals surface area contributed by atoms with E-state index in [2.05, 4.69) is 16.9 Å².